The van der Waals surface area contributed by atoms with Crippen molar-refractivity contribution in [2.45, 2.75) is 120 Å². The van der Waals surface area contributed by atoms with Crippen LogP contribution in [0.2, 0.25) is 0 Å². The van der Waals surface area contributed by atoms with E-state index >= 15 is 0 Å². The van der Waals surface area contributed by atoms with Crippen molar-refractivity contribution < 1.29 is 30.0 Å². The Morgan fingerprint density at radius 1 is 0.676 bits per heavy atom. The fourth-order valence-corrected chi connectivity index (χ4v) is 5.86. The van der Waals surface area contributed by atoms with Crippen LogP contribution in [0.4, 0.5) is 18.9 Å². The van der Waals surface area contributed by atoms with E-state index in [1.165, 1.54) is 93.1 Å². The molecule has 0 aliphatic heterocycles. The second-order valence-corrected chi connectivity index (χ2v) is 13.4. The highest BCUT2D eigenvalue weighted by atomic mass is 32.2. The molecule has 0 saturated carbocycles. The van der Waals surface area contributed by atoms with Gasteiger partial charge in [0, 0.05) is 19.3 Å². The highest BCUT2D eigenvalue weighted by molar-refractivity contribution is 7.93. The Kier molecular flexibility index (Phi) is 15.8. The van der Waals surface area contributed by atoms with Crippen molar-refractivity contribution in [3.63, 3.8) is 0 Å². The van der Waals surface area contributed by atoms with Gasteiger partial charge in [-0.3, -0.25) is 4.72 Å². The monoisotopic (exact) mass is 570 g/mol. The van der Waals surface area contributed by atoms with Crippen LogP contribution in [0.15, 0.2) is 29.2 Å². The predicted molar refractivity (Wildman–Crippen MR) is 144 cm³/mol. The third-order valence-corrected chi connectivity index (χ3v) is 9.43. The van der Waals surface area contributed by atoms with Crippen molar-refractivity contribution >= 4 is 25.7 Å². The number of halogens is 3. The summed E-state index contributed by atoms with van der Waals surface area (Å²) in [4.78, 5) is -0.110. The molecule has 1 aromatic carbocycles. The van der Waals surface area contributed by atoms with E-state index in [4.69, 9.17) is 0 Å². The molecule has 1 N–H and O–H groups in total. The zero-order valence-electron chi connectivity index (χ0n) is 22.4. The summed E-state index contributed by atoms with van der Waals surface area (Å²) < 4.78 is 87.8. The number of nitrogens with zero attached hydrogens (tertiary/aromatic N) is 1. The van der Waals surface area contributed by atoms with E-state index < -0.39 is 25.6 Å². The minimum Gasteiger partial charge on any atom is -0.276 e. The van der Waals surface area contributed by atoms with Crippen LogP contribution in [0.1, 0.15) is 110 Å². The first kappa shape index (κ1) is 33.7. The van der Waals surface area contributed by atoms with Gasteiger partial charge in [0.2, 0.25) is 10.0 Å². The summed E-state index contributed by atoms with van der Waals surface area (Å²) >= 11 is 0. The van der Waals surface area contributed by atoms with Crippen LogP contribution in [-0.2, 0) is 20.0 Å². The minimum atomic E-state index is -5.56. The number of nitrogens with one attached hydrogen (secondary N) is 1. The van der Waals surface area contributed by atoms with Crippen molar-refractivity contribution in [1.82, 2.24) is 4.31 Å². The number of benzene rings is 1. The quantitative estimate of drug-likeness (QED) is 0.153. The molecule has 0 amide bonds. The van der Waals surface area contributed by atoms with E-state index in [1.54, 1.807) is 0 Å². The molecule has 0 aliphatic carbocycles. The molecule has 0 atom stereocenters. The normalized spacial score (nSPS) is 12.8. The number of sulfonamides is 2. The first-order valence-corrected chi connectivity index (χ1v) is 16.5. The standard InChI is InChI=1S/C26H45F3N2O4S2/c1-3-4-5-6-7-8-9-10-11-12-13-14-15-16-17-18-23-31(2)36(32,33)25-21-19-24(20-22-25)30-37(34,35)26(27,28)29/h19-22,30H,3-18,23H2,1-2H3. The van der Waals surface area contributed by atoms with Gasteiger partial charge >= 0.3 is 15.5 Å². The van der Waals surface area contributed by atoms with Crippen LogP contribution >= 0.6 is 0 Å². The maximum atomic E-state index is 12.7. The zero-order chi connectivity index (χ0) is 27.8. The number of unbranched alkanes of at least 4 members (excludes halogenated alkanes) is 15. The van der Waals surface area contributed by atoms with Crippen LogP contribution in [0.3, 0.4) is 0 Å². The molecule has 0 fully saturated rings. The first-order valence-electron chi connectivity index (χ1n) is 13.6. The number of anilines is 1. The SMILES string of the molecule is CCCCCCCCCCCCCCCCCCN(C)S(=O)(=O)c1ccc(NS(=O)(=O)C(F)(F)F)cc1. The van der Waals surface area contributed by atoms with Gasteiger partial charge in [-0.25, -0.2) is 12.7 Å². The van der Waals surface area contributed by atoms with Gasteiger partial charge in [-0.2, -0.15) is 21.6 Å². The Bertz CT molecular complexity index is 951. The number of hydrogen-bond donors (Lipinski definition) is 1. The Morgan fingerprint density at radius 3 is 1.43 bits per heavy atom. The number of rotatable bonds is 21. The van der Waals surface area contributed by atoms with Crippen molar-refractivity contribution in [1.29, 1.82) is 0 Å². The molecule has 11 heteroatoms. The van der Waals surface area contributed by atoms with Crippen LogP contribution < -0.4 is 4.72 Å². The van der Waals surface area contributed by atoms with Crippen molar-refractivity contribution in [3.05, 3.63) is 24.3 Å². The molecule has 0 radical (unpaired) electrons. The van der Waals surface area contributed by atoms with E-state index in [0.29, 0.717) is 6.54 Å². The van der Waals surface area contributed by atoms with Gasteiger partial charge in [-0.05, 0) is 30.7 Å². The average Bonchev–Trinajstić information content (AvgIpc) is 2.83. The lowest BCUT2D eigenvalue weighted by Crippen LogP contribution is -2.30. The smallest absolute Gasteiger partial charge is 0.276 e. The van der Waals surface area contributed by atoms with Gasteiger partial charge in [0.05, 0.1) is 4.90 Å². The molecular weight excluding hydrogens is 525 g/mol. The van der Waals surface area contributed by atoms with Crippen molar-refractivity contribution in [3.8, 4) is 0 Å². The molecule has 0 aliphatic rings. The van der Waals surface area contributed by atoms with E-state index in [-0.39, 0.29) is 10.6 Å². The largest absolute Gasteiger partial charge is 0.516 e. The van der Waals surface area contributed by atoms with Gasteiger partial charge in [-0.15, -0.1) is 0 Å². The molecular formula is C26H45F3N2O4S2. The summed E-state index contributed by atoms with van der Waals surface area (Å²) in [6.07, 6.45) is 19.7. The maximum absolute atomic E-state index is 12.7. The van der Waals surface area contributed by atoms with Crippen LogP contribution in [0.5, 0.6) is 0 Å². The first-order chi connectivity index (χ1) is 17.4. The molecule has 0 bridgehead atoms. The fourth-order valence-electron chi connectivity index (χ4n) is 4.09. The highest BCUT2D eigenvalue weighted by Crippen LogP contribution is 2.26. The van der Waals surface area contributed by atoms with Gasteiger partial charge in [0.25, 0.3) is 0 Å². The van der Waals surface area contributed by atoms with Gasteiger partial charge in [0.15, 0.2) is 0 Å². The number of alkyl halides is 3. The van der Waals surface area contributed by atoms with Gasteiger partial charge in [0.1, 0.15) is 0 Å². The molecule has 1 rings (SSSR count). The van der Waals surface area contributed by atoms with E-state index in [9.17, 15) is 30.0 Å². The summed E-state index contributed by atoms with van der Waals surface area (Å²) in [6.45, 7) is 2.58. The van der Waals surface area contributed by atoms with Crippen LogP contribution in [0, 0.1) is 0 Å². The Morgan fingerprint density at radius 2 is 1.05 bits per heavy atom. The third kappa shape index (κ3) is 13.3. The van der Waals surface area contributed by atoms with E-state index in [2.05, 4.69) is 6.92 Å². The topological polar surface area (TPSA) is 83.6 Å². The highest BCUT2D eigenvalue weighted by Gasteiger charge is 2.46. The molecule has 6 nitrogen and oxygen atoms in total. The number of hydrogen-bond acceptors (Lipinski definition) is 4. The second-order valence-electron chi connectivity index (χ2n) is 9.71. The molecule has 0 spiro atoms. The van der Waals surface area contributed by atoms with Crippen LogP contribution in [0.25, 0.3) is 0 Å². The van der Waals surface area contributed by atoms with Crippen molar-refractivity contribution in [2.24, 2.45) is 0 Å². The van der Waals surface area contributed by atoms with E-state index in [1.807, 2.05) is 0 Å². The van der Waals surface area contributed by atoms with Crippen molar-refractivity contribution in [2.75, 3.05) is 18.3 Å². The lowest BCUT2D eigenvalue weighted by atomic mass is 10.0. The van der Waals surface area contributed by atoms with Gasteiger partial charge < -0.3 is 0 Å². The lowest BCUT2D eigenvalue weighted by molar-refractivity contribution is -0.0429. The summed E-state index contributed by atoms with van der Waals surface area (Å²) in [7, 11) is -7.91. The summed E-state index contributed by atoms with van der Waals surface area (Å²) in [5, 5.41) is 0. The molecule has 216 valence electrons. The molecule has 0 unspecified atom stereocenters. The molecule has 0 aromatic heterocycles. The molecule has 1 aromatic rings. The molecule has 37 heavy (non-hydrogen) atoms. The molecule has 0 saturated heterocycles. The Balaban J connectivity index is 2.18. The Hall–Kier alpha value is -1.33. The molecule has 0 heterocycles. The summed E-state index contributed by atoms with van der Waals surface area (Å²) in [5.41, 5.74) is -5.82. The predicted octanol–water partition coefficient (Wildman–Crippen LogP) is 7.83. The second kappa shape index (κ2) is 17.3. The average molecular weight is 571 g/mol. The third-order valence-electron chi connectivity index (χ3n) is 6.45. The lowest BCUT2D eigenvalue weighted by Gasteiger charge is -2.17. The van der Waals surface area contributed by atoms with E-state index in [0.717, 1.165) is 49.9 Å². The fraction of sp³-hybridized carbons (Fsp3) is 0.769. The summed E-state index contributed by atoms with van der Waals surface area (Å²) in [6, 6.07) is 4.18. The summed E-state index contributed by atoms with van der Waals surface area (Å²) in [5.74, 6) is 0. The Labute approximate surface area is 222 Å². The maximum Gasteiger partial charge on any atom is 0.516 e. The van der Waals surface area contributed by atoms with Crippen LogP contribution in [-0.4, -0.2) is 40.2 Å². The minimum absolute atomic E-state index is 0.110. The zero-order valence-corrected chi connectivity index (χ0v) is 24.0. The van der Waals surface area contributed by atoms with Gasteiger partial charge in [-0.1, -0.05) is 103 Å².